The molecule has 0 fully saturated rings. The summed E-state index contributed by atoms with van der Waals surface area (Å²) < 4.78 is 62.6. The van der Waals surface area contributed by atoms with Gasteiger partial charge in [-0.3, -0.25) is 10.1 Å². The van der Waals surface area contributed by atoms with Crippen molar-refractivity contribution in [1.29, 1.82) is 0 Å². The van der Waals surface area contributed by atoms with Crippen LogP contribution in [-0.2, 0) is 10.0 Å². The third-order valence-electron chi connectivity index (χ3n) is 3.42. The van der Waals surface area contributed by atoms with Gasteiger partial charge in [-0.1, -0.05) is 41.7 Å². The number of hydrazone groups is 1. The van der Waals surface area contributed by atoms with E-state index in [4.69, 9.17) is 34.8 Å². The van der Waals surface area contributed by atoms with Gasteiger partial charge in [0.1, 0.15) is 0 Å². The van der Waals surface area contributed by atoms with E-state index in [-0.39, 0.29) is 33.4 Å². The summed E-state index contributed by atoms with van der Waals surface area (Å²) in [6.07, 6.45) is 0.259. The predicted molar refractivity (Wildman–Crippen MR) is 107 cm³/mol. The van der Waals surface area contributed by atoms with Crippen molar-refractivity contribution in [3.63, 3.8) is 0 Å². The standard InChI is InChI=1S/C16H13Cl3F3N3O2S/c1-2-14(24-23-10-4-5-12(18)13(19)8-10)11-7-9(17)3-6-15(11)25-28(26,27)16(20,21)22/h3-8,23,25H,2H2,1H3/b24-14+. The molecule has 0 heterocycles. The van der Waals surface area contributed by atoms with E-state index in [1.807, 2.05) is 0 Å². The van der Waals surface area contributed by atoms with Crippen molar-refractivity contribution < 1.29 is 21.6 Å². The van der Waals surface area contributed by atoms with Gasteiger partial charge in [0.2, 0.25) is 0 Å². The highest BCUT2D eigenvalue weighted by atomic mass is 35.5. The number of hydrogen-bond donors (Lipinski definition) is 2. The van der Waals surface area contributed by atoms with Gasteiger partial charge in [0.05, 0.1) is 27.1 Å². The Labute approximate surface area is 174 Å². The summed E-state index contributed by atoms with van der Waals surface area (Å²) in [5, 5.41) is 4.95. The van der Waals surface area contributed by atoms with Gasteiger partial charge in [-0.05, 0) is 42.8 Å². The van der Waals surface area contributed by atoms with E-state index in [2.05, 4.69) is 10.5 Å². The maximum atomic E-state index is 12.7. The third-order valence-corrected chi connectivity index (χ3v) is 5.49. The molecule has 0 saturated heterocycles. The van der Waals surface area contributed by atoms with Crippen LogP contribution in [0, 0.1) is 0 Å². The lowest BCUT2D eigenvalue weighted by molar-refractivity contribution is -0.0429. The lowest BCUT2D eigenvalue weighted by atomic mass is 10.1. The molecule has 0 aliphatic rings. The van der Waals surface area contributed by atoms with Crippen molar-refractivity contribution in [2.45, 2.75) is 18.9 Å². The number of sulfonamides is 1. The SMILES string of the molecule is CC/C(=N\Nc1ccc(Cl)c(Cl)c1)c1cc(Cl)ccc1NS(=O)(=O)C(F)(F)F. The molecule has 152 valence electrons. The van der Waals surface area contributed by atoms with Gasteiger partial charge in [-0.15, -0.1) is 0 Å². The van der Waals surface area contributed by atoms with E-state index < -0.39 is 15.5 Å². The van der Waals surface area contributed by atoms with Crippen molar-refractivity contribution in [3.8, 4) is 0 Å². The smallest absolute Gasteiger partial charge is 0.278 e. The first-order chi connectivity index (χ1) is 12.9. The lowest BCUT2D eigenvalue weighted by Crippen LogP contribution is -2.30. The molecular weight excluding hydrogens is 462 g/mol. The number of nitrogens with one attached hydrogen (secondary N) is 2. The minimum atomic E-state index is -5.61. The number of anilines is 2. The van der Waals surface area contributed by atoms with Crippen molar-refractivity contribution in [2.75, 3.05) is 10.1 Å². The van der Waals surface area contributed by atoms with Crippen LogP contribution in [0.4, 0.5) is 24.5 Å². The summed E-state index contributed by atoms with van der Waals surface area (Å²) >= 11 is 17.7. The number of hydrogen-bond acceptors (Lipinski definition) is 4. The zero-order valence-electron chi connectivity index (χ0n) is 14.1. The fourth-order valence-electron chi connectivity index (χ4n) is 2.07. The Kier molecular flexibility index (Phi) is 7.08. The normalized spacial score (nSPS) is 12.8. The highest BCUT2D eigenvalue weighted by Crippen LogP contribution is 2.30. The van der Waals surface area contributed by atoms with Crippen LogP contribution in [0.3, 0.4) is 0 Å². The van der Waals surface area contributed by atoms with E-state index in [1.54, 1.807) is 13.0 Å². The van der Waals surface area contributed by atoms with Gasteiger partial charge in [0, 0.05) is 10.6 Å². The molecule has 0 spiro atoms. The molecule has 28 heavy (non-hydrogen) atoms. The van der Waals surface area contributed by atoms with Crippen LogP contribution in [0.15, 0.2) is 41.5 Å². The van der Waals surface area contributed by atoms with Crippen LogP contribution < -0.4 is 10.1 Å². The van der Waals surface area contributed by atoms with Gasteiger partial charge in [0.15, 0.2) is 0 Å². The van der Waals surface area contributed by atoms with Crippen LogP contribution >= 0.6 is 34.8 Å². The minimum Gasteiger partial charge on any atom is -0.278 e. The summed E-state index contributed by atoms with van der Waals surface area (Å²) in [7, 11) is -5.61. The first kappa shape index (κ1) is 22.6. The van der Waals surface area contributed by atoms with Crippen molar-refractivity contribution >= 4 is 61.9 Å². The Bertz CT molecular complexity index is 1010. The van der Waals surface area contributed by atoms with Crippen molar-refractivity contribution in [1.82, 2.24) is 0 Å². The van der Waals surface area contributed by atoms with Crippen LogP contribution in [-0.4, -0.2) is 19.6 Å². The molecule has 5 nitrogen and oxygen atoms in total. The molecule has 2 aromatic carbocycles. The maximum absolute atomic E-state index is 12.7. The molecule has 2 aromatic rings. The van der Waals surface area contributed by atoms with E-state index in [9.17, 15) is 21.6 Å². The molecular formula is C16H13Cl3F3N3O2S. The quantitative estimate of drug-likeness (QED) is 0.390. The average Bonchev–Trinajstić information content (AvgIpc) is 2.59. The van der Waals surface area contributed by atoms with Crippen LogP contribution in [0.25, 0.3) is 0 Å². The first-order valence-electron chi connectivity index (χ1n) is 7.61. The summed E-state index contributed by atoms with van der Waals surface area (Å²) in [4.78, 5) is 0. The molecule has 0 aromatic heterocycles. The Morgan fingerprint density at radius 3 is 2.32 bits per heavy atom. The maximum Gasteiger partial charge on any atom is 0.516 e. The highest BCUT2D eigenvalue weighted by Gasteiger charge is 2.46. The van der Waals surface area contributed by atoms with Crippen molar-refractivity contribution in [3.05, 3.63) is 57.0 Å². The summed E-state index contributed by atoms with van der Waals surface area (Å²) in [6.45, 7) is 1.69. The second-order valence-corrected chi connectivity index (χ2v) is 8.32. The third kappa shape index (κ3) is 5.44. The molecule has 12 heteroatoms. The van der Waals surface area contributed by atoms with Crippen LogP contribution in [0.5, 0.6) is 0 Å². The molecule has 0 atom stereocenters. The van der Waals surface area contributed by atoms with Gasteiger partial charge in [-0.25, -0.2) is 0 Å². The topological polar surface area (TPSA) is 70.6 Å². The summed E-state index contributed by atoms with van der Waals surface area (Å²) in [6, 6.07) is 8.34. The monoisotopic (exact) mass is 473 g/mol. The van der Waals surface area contributed by atoms with E-state index in [0.29, 0.717) is 10.7 Å². The highest BCUT2D eigenvalue weighted by molar-refractivity contribution is 7.93. The second kappa shape index (κ2) is 8.77. The van der Waals surface area contributed by atoms with Crippen LogP contribution in [0.1, 0.15) is 18.9 Å². The number of benzene rings is 2. The number of nitrogens with zero attached hydrogens (tertiary/aromatic N) is 1. The van der Waals surface area contributed by atoms with Crippen molar-refractivity contribution in [2.24, 2.45) is 5.10 Å². The zero-order chi connectivity index (χ0) is 21.1. The number of halogens is 6. The van der Waals surface area contributed by atoms with Gasteiger partial charge >= 0.3 is 15.5 Å². The Hall–Kier alpha value is -1.68. The molecule has 0 amide bonds. The van der Waals surface area contributed by atoms with E-state index in [0.717, 1.165) is 6.07 Å². The molecule has 0 aliphatic heterocycles. The Morgan fingerprint density at radius 1 is 1.07 bits per heavy atom. The largest absolute Gasteiger partial charge is 0.516 e. The molecule has 2 N–H and O–H groups in total. The van der Waals surface area contributed by atoms with E-state index in [1.165, 1.54) is 29.0 Å². The van der Waals surface area contributed by atoms with Gasteiger partial charge < -0.3 is 0 Å². The molecule has 0 bridgehead atoms. The lowest BCUT2D eigenvalue weighted by Gasteiger charge is -2.15. The zero-order valence-corrected chi connectivity index (χ0v) is 17.2. The van der Waals surface area contributed by atoms with Gasteiger partial charge in [-0.2, -0.15) is 26.7 Å². The molecule has 0 saturated carbocycles. The number of rotatable bonds is 6. The predicted octanol–water partition coefficient (Wildman–Crippen LogP) is 6.13. The Balaban J connectivity index is 2.42. The average molecular weight is 475 g/mol. The molecule has 0 unspecified atom stereocenters. The second-order valence-electron chi connectivity index (χ2n) is 5.39. The van der Waals surface area contributed by atoms with Gasteiger partial charge in [0.25, 0.3) is 0 Å². The number of alkyl halides is 3. The fraction of sp³-hybridized carbons (Fsp3) is 0.188. The minimum absolute atomic E-state index is 0.0929. The fourth-order valence-corrected chi connectivity index (χ4v) is 3.13. The molecule has 0 aliphatic carbocycles. The molecule has 2 rings (SSSR count). The Morgan fingerprint density at radius 2 is 1.75 bits per heavy atom. The first-order valence-corrected chi connectivity index (χ1v) is 10.2. The molecule has 0 radical (unpaired) electrons. The summed E-state index contributed by atoms with van der Waals surface area (Å²) in [5.74, 6) is 0. The van der Waals surface area contributed by atoms with Crippen LogP contribution in [0.2, 0.25) is 15.1 Å². The summed E-state index contributed by atoms with van der Waals surface area (Å²) in [5.41, 5.74) is -2.25. The van der Waals surface area contributed by atoms with E-state index >= 15 is 0 Å².